The van der Waals surface area contributed by atoms with Crippen LogP contribution in [-0.2, 0) is 6.18 Å². The molecule has 1 rings (SSSR count). The molecule has 0 radical (unpaired) electrons. The van der Waals surface area contributed by atoms with Crippen LogP contribution in [0.4, 0.5) is 13.2 Å². The molecule has 1 aromatic rings. The summed E-state index contributed by atoms with van der Waals surface area (Å²) in [4.78, 5) is 0. The molecule has 1 aromatic carbocycles. The Morgan fingerprint density at radius 3 is 2.29 bits per heavy atom. The average Bonchev–Trinajstić information content (AvgIpc) is 2.26. The molecule has 3 N–H and O–H groups in total. The van der Waals surface area contributed by atoms with Crippen LogP contribution >= 0.6 is 0 Å². The van der Waals surface area contributed by atoms with Crippen LogP contribution in [-0.4, -0.2) is 11.2 Å². The lowest BCUT2D eigenvalue weighted by atomic mass is 9.93. The van der Waals surface area contributed by atoms with Gasteiger partial charge < -0.3 is 10.8 Å². The van der Waals surface area contributed by atoms with Crippen LogP contribution in [0.25, 0.3) is 0 Å². The quantitative estimate of drug-likeness (QED) is 0.862. The van der Waals surface area contributed by atoms with Crippen molar-refractivity contribution in [2.24, 2.45) is 11.7 Å². The molecule has 0 aliphatic heterocycles. The van der Waals surface area contributed by atoms with Crippen molar-refractivity contribution in [1.82, 2.24) is 0 Å². The van der Waals surface area contributed by atoms with E-state index < -0.39 is 23.9 Å². The Morgan fingerprint density at radius 1 is 1.24 bits per heavy atom. The molecule has 96 valence electrons. The molecule has 0 aliphatic rings. The van der Waals surface area contributed by atoms with E-state index in [-0.39, 0.29) is 5.92 Å². The molecule has 0 aromatic heterocycles. The topological polar surface area (TPSA) is 46.2 Å². The van der Waals surface area contributed by atoms with Gasteiger partial charge in [0.25, 0.3) is 0 Å². The van der Waals surface area contributed by atoms with E-state index in [0.717, 1.165) is 12.1 Å². The van der Waals surface area contributed by atoms with Gasteiger partial charge in [0.05, 0.1) is 17.7 Å². The van der Waals surface area contributed by atoms with Crippen molar-refractivity contribution in [1.29, 1.82) is 0 Å². The highest BCUT2D eigenvalue weighted by Gasteiger charge is 2.31. The maximum atomic E-state index is 12.5. The van der Waals surface area contributed by atoms with Gasteiger partial charge in [0, 0.05) is 0 Å². The minimum atomic E-state index is -4.39. The van der Waals surface area contributed by atoms with E-state index in [1.807, 2.05) is 0 Å². The van der Waals surface area contributed by atoms with Crippen molar-refractivity contribution in [3.05, 3.63) is 35.4 Å². The second-order valence-electron chi connectivity index (χ2n) is 4.38. The first-order chi connectivity index (χ1) is 7.73. The lowest BCUT2D eigenvalue weighted by Crippen LogP contribution is -2.30. The highest BCUT2D eigenvalue weighted by Crippen LogP contribution is 2.31. The molecule has 0 spiro atoms. The zero-order valence-corrected chi connectivity index (χ0v) is 9.70. The average molecular weight is 247 g/mol. The summed E-state index contributed by atoms with van der Waals surface area (Å²) in [6.45, 7) is 3.52. The van der Waals surface area contributed by atoms with Crippen molar-refractivity contribution >= 4 is 0 Å². The fraction of sp³-hybridized carbons (Fsp3) is 0.500. The van der Waals surface area contributed by atoms with Gasteiger partial charge in [0.2, 0.25) is 0 Å². The molecule has 17 heavy (non-hydrogen) atoms. The second-order valence-corrected chi connectivity index (χ2v) is 4.38. The van der Waals surface area contributed by atoms with Gasteiger partial charge in [-0.05, 0) is 23.6 Å². The van der Waals surface area contributed by atoms with E-state index >= 15 is 0 Å². The molecule has 0 fully saturated rings. The van der Waals surface area contributed by atoms with E-state index in [2.05, 4.69) is 0 Å². The maximum Gasteiger partial charge on any atom is 0.416 e. The van der Waals surface area contributed by atoms with E-state index in [0.29, 0.717) is 5.56 Å². The van der Waals surface area contributed by atoms with Gasteiger partial charge in [-0.3, -0.25) is 0 Å². The number of hydrogen-bond acceptors (Lipinski definition) is 2. The van der Waals surface area contributed by atoms with Gasteiger partial charge >= 0.3 is 6.18 Å². The third-order valence-electron chi connectivity index (χ3n) is 2.65. The molecule has 0 bridgehead atoms. The highest BCUT2D eigenvalue weighted by atomic mass is 19.4. The van der Waals surface area contributed by atoms with Crippen LogP contribution in [0.5, 0.6) is 0 Å². The van der Waals surface area contributed by atoms with E-state index in [1.54, 1.807) is 13.8 Å². The summed E-state index contributed by atoms with van der Waals surface area (Å²) in [6.07, 6.45) is -5.25. The summed E-state index contributed by atoms with van der Waals surface area (Å²) >= 11 is 0. The zero-order chi connectivity index (χ0) is 13.2. The number of nitrogens with two attached hydrogens (primary N) is 1. The Kier molecular flexibility index (Phi) is 4.16. The Labute approximate surface area is 98.3 Å². The minimum absolute atomic E-state index is 0.112. The van der Waals surface area contributed by atoms with Gasteiger partial charge in [-0.15, -0.1) is 0 Å². The molecule has 0 unspecified atom stereocenters. The van der Waals surface area contributed by atoms with Gasteiger partial charge in [-0.25, -0.2) is 0 Å². The molecular formula is C12H16F3NO. The molecule has 2 atom stereocenters. The van der Waals surface area contributed by atoms with Gasteiger partial charge in [-0.1, -0.05) is 26.0 Å². The highest BCUT2D eigenvalue weighted by molar-refractivity contribution is 5.28. The number of rotatable bonds is 3. The first kappa shape index (κ1) is 14.0. The van der Waals surface area contributed by atoms with Crippen LogP contribution in [0.3, 0.4) is 0 Å². The number of aliphatic hydroxyl groups is 1. The van der Waals surface area contributed by atoms with Crippen molar-refractivity contribution in [3.8, 4) is 0 Å². The summed E-state index contributed by atoms with van der Waals surface area (Å²) < 4.78 is 37.5. The van der Waals surface area contributed by atoms with Crippen LogP contribution in [0.2, 0.25) is 0 Å². The molecular weight excluding hydrogens is 231 g/mol. The van der Waals surface area contributed by atoms with E-state index in [4.69, 9.17) is 5.73 Å². The molecule has 2 nitrogen and oxygen atoms in total. The fourth-order valence-electron chi connectivity index (χ4n) is 1.53. The zero-order valence-electron chi connectivity index (χ0n) is 9.70. The monoisotopic (exact) mass is 247 g/mol. The molecule has 0 amide bonds. The van der Waals surface area contributed by atoms with E-state index in [9.17, 15) is 18.3 Å². The lowest BCUT2D eigenvalue weighted by molar-refractivity contribution is -0.137. The van der Waals surface area contributed by atoms with Crippen LogP contribution in [0.15, 0.2) is 24.3 Å². The van der Waals surface area contributed by atoms with Gasteiger partial charge in [-0.2, -0.15) is 13.2 Å². The number of hydrogen-bond donors (Lipinski definition) is 2. The van der Waals surface area contributed by atoms with Crippen LogP contribution in [0, 0.1) is 5.92 Å². The molecule has 0 saturated heterocycles. The van der Waals surface area contributed by atoms with Crippen molar-refractivity contribution in [2.45, 2.75) is 32.2 Å². The normalized spacial score (nSPS) is 16.0. The lowest BCUT2D eigenvalue weighted by Gasteiger charge is -2.23. The van der Waals surface area contributed by atoms with Gasteiger partial charge in [0.15, 0.2) is 0 Å². The Morgan fingerprint density at radius 2 is 1.82 bits per heavy atom. The van der Waals surface area contributed by atoms with Crippen LogP contribution < -0.4 is 5.73 Å². The first-order valence-corrected chi connectivity index (χ1v) is 5.34. The Bertz CT molecular complexity index is 376. The van der Waals surface area contributed by atoms with Crippen molar-refractivity contribution in [3.63, 3.8) is 0 Å². The summed E-state index contributed by atoms with van der Waals surface area (Å²) in [5, 5.41) is 9.74. The second kappa shape index (κ2) is 5.06. The van der Waals surface area contributed by atoms with Crippen LogP contribution in [0.1, 0.15) is 31.0 Å². The third-order valence-corrected chi connectivity index (χ3v) is 2.65. The molecule has 0 aliphatic carbocycles. The molecule has 5 heteroatoms. The standard InChI is InChI=1S/C12H16F3NO/c1-7(2)11(17)10(16)8-4-3-5-9(6-8)12(13,14)15/h3-7,10-11,17H,16H2,1-2H3/t10-,11-/m1/s1. The Hall–Kier alpha value is -1.07. The van der Waals surface area contributed by atoms with Crippen molar-refractivity contribution < 1.29 is 18.3 Å². The predicted molar refractivity (Wildman–Crippen MR) is 59.2 cm³/mol. The summed E-state index contributed by atoms with van der Waals surface area (Å²) in [5.74, 6) is -0.112. The number of halogens is 3. The number of aliphatic hydroxyl groups excluding tert-OH is 1. The first-order valence-electron chi connectivity index (χ1n) is 5.34. The summed E-state index contributed by atoms with van der Waals surface area (Å²) in [6, 6.07) is 3.95. The number of benzene rings is 1. The molecule has 0 heterocycles. The van der Waals surface area contributed by atoms with Gasteiger partial charge in [0.1, 0.15) is 0 Å². The van der Waals surface area contributed by atoms with Crippen molar-refractivity contribution in [2.75, 3.05) is 0 Å². The SMILES string of the molecule is CC(C)[C@@H](O)[C@H](N)c1cccc(C(F)(F)F)c1. The molecule has 0 saturated carbocycles. The maximum absolute atomic E-state index is 12.5. The number of alkyl halides is 3. The Balaban J connectivity index is 3.00. The summed E-state index contributed by atoms with van der Waals surface area (Å²) in [5.41, 5.74) is 5.28. The predicted octanol–water partition coefficient (Wildman–Crippen LogP) is 2.72. The summed E-state index contributed by atoms with van der Waals surface area (Å²) in [7, 11) is 0. The minimum Gasteiger partial charge on any atom is -0.391 e. The largest absolute Gasteiger partial charge is 0.416 e. The van der Waals surface area contributed by atoms with E-state index in [1.165, 1.54) is 12.1 Å². The fourth-order valence-corrected chi connectivity index (χ4v) is 1.53. The third kappa shape index (κ3) is 3.44. The smallest absolute Gasteiger partial charge is 0.391 e.